The molecule has 0 unspecified atom stereocenters. The van der Waals surface area contributed by atoms with Crippen LogP contribution in [-0.4, -0.2) is 47.4 Å². The van der Waals surface area contributed by atoms with Crippen molar-refractivity contribution in [3.8, 4) is 5.75 Å². The van der Waals surface area contributed by atoms with Crippen LogP contribution in [0.15, 0.2) is 52.3 Å². The molecule has 9 heteroatoms. The minimum Gasteiger partial charge on any atom is -0.497 e. The molecule has 1 saturated heterocycles. The Labute approximate surface area is 178 Å². The molecule has 2 aromatic carbocycles. The maximum Gasteiger partial charge on any atom is 0.264 e. The van der Waals surface area contributed by atoms with Gasteiger partial charge in [-0.2, -0.15) is 4.31 Å². The van der Waals surface area contributed by atoms with Crippen molar-refractivity contribution in [1.82, 2.24) is 4.31 Å². The Hall–Kier alpha value is -2.10. The molecule has 0 saturated carbocycles. The van der Waals surface area contributed by atoms with E-state index in [1.165, 1.54) is 33.9 Å². The maximum absolute atomic E-state index is 13.3. The molecule has 2 aliphatic heterocycles. The highest BCUT2D eigenvalue weighted by molar-refractivity contribution is 7.93. The third-order valence-corrected chi connectivity index (χ3v) is 9.61. The Balaban J connectivity index is 1.68. The highest BCUT2D eigenvalue weighted by Crippen LogP contribution is 2.38. The molecule has 0 aliphatic carbocycles. The number of rotatable bonds is 5. The van der Waals surface area contributed by atoms with Crippen molar-refractivity contribution in [2.24, 2.45) is 0 Å². The Bertz CT molecular complexity index is 1140. The second-order valence-corrected chi connectivity index (χ2v) is 11.5. The van der Waals surface area contributed by atoms with Gasteiger partial charge in [0.2, 0.25) is 10.0 Å². The van der Waals surface area contributed by atoms with E-state index in [4.69, 9.17) is 4.74 Å². The summed E-state index contributed by atoms with van der Waals surface area (Å²) in [4.78, 5) is 0.409. The minimum atomic E-state index is -3.78. The number of hydrogen-bond acceptors (Lipinski definition) is 5. The average molecular weight is 451 g/mol. The summed E-state index contributed by atoms with van der Waals surface area (Å²) in [6, 6.07) is 10.8. The van der Waals surface area contributed by atoms with Gasteiger partial charge in [0.1, 0.15) is 5.75 Å². The minimum absolute atomic E-state index is 0.174. The molecule has 2 aromatic rings. The van der Waals surface area contributed by atoms with Crippen molar-refractivity contribution < 1.29 is 21.6 Å². The van der Waals surface area contributed by atoms with Crippen LogP contribution in [0.3, 0.4) is 0 Å². The lowest BCUT2D eigenvalue weighted by atomic mass is 10.1. The summed E-state index contributed by atoms with van der Waals surface area (Å²) in [5, 5.41) is 0. The molecule has 2 aliphatic rings. The van der Waals surface area contributed by atoms with Gasteiger partial charge in [0.05, 0.1) is 22.6 Å². The van der Waals surface area contributed by atoms with Gasteiger partial charge in [-0.05, 0) is 74.2 Å². The van der Waals surface area contributed by atoms with Gasteiger partial charge in [-0.3, -0.25) is 4.31 Å². The van der Waals surface area contributed by atoms with Gasteiger partial charge in [0.15, 0.2) is 0 Å². The van der Waals surface area contributed by atoms with Gasteiger partial charge >= 0.3 is 0 Å². The molecule has 7 nitrogen and oxygen atoms in total. The number of benzene rings is 2. The number of hydrogen-bond donors (Lipinski definition) is 0. The summed E-state index contributed by atoms with van der Waals surface area (Å²) < 4.78 is 60.6. The Morgan fingerprint density at radius 2 is 1.50 bits per heavy atom. The van der Waals surface area contributed by atoms with Gasteiger partial charge in [-0.15, -0.1) is 0 Å². The summed E-state index contributed by atoms with van der Waals surface area (Å²) in [6.45, 7) is 2.90. The predicted molar refractivity (Wildman–Crippen MR) is 115 cm³/mol. The van der Waals surface area contributed by atoms with E-state index in [2.05, 4.69) is 0 Å². The third kappa shape index (κ3) is 3.59. The molecule has 2 heterocycles. The van der Waals surface area contributed by atoms with Crippen molar-refractivity contribution in [2.45, 2.75) is 48.4 Å². The number of anilines is 1. The van der Waals surface area contributed by atoms with E-state index in [1.54, 1.807) is 24.3 Å². The molecule has 0 amide bonds. The van der Waals surface area contributed by atoms with Crippen molar-refractivity contribution in [2.75, 3.05) is 24.5 Å². The molecule has 0 radical (unpaired) electrons. The average Bonchev–Trinajstić information content (AvgIpc) is 3.10. The lowest BCUT2D eigenvalue weighted by Crippen LogP contribution is -2.36. The summed E-state index contributed by atoms with van der Waals surface area (Å²) in [5.74, 6) is 0.580. The topological polar surface area (TPSA) is 84.0 Å². The second kappa shape index (κ2) is 7.86. The van der Waals surface area contributed by atoms with Crippen LogP contribution in [0.2, 0.25) is 0 Å². The number of sulfonamides is 2. The molecule has 1 fully saturated rings. The van der Waals surface area contributed by atoms with E-state index in [-0.39, 0.29) is 15.8 Å². The predicted octanol–water partition coefficient (Wildman–Crippen LogP) is 3.01. The molecule has 162 valence electrons. The summed E-state index contributed by atoms with van der Waals surface area (Å²) in [7, 11) is -5.81. The molecule has 0 N–H and O–H groups in total. The molecule has 0 spiro atoms. The molecular weight excluding hydrogens is 424 g/mol. The molecule has 0 aromatic heterocycles. The first-order valence-corrected chi connectivity index (χ1v) is 12.9. The smallest absolute Gasteiger partial charge is 0.264 e. The van der Waals surface area contributed by atoms with Gasteiger partial charge in [-0.1, -0.05) is 6.42 Å². The van der Waals surface area contributed by atoms with Crippen LogP contribution in [0.5, 0.6) is 5.75 Å². The van der Waals surface area contributed by atoms with Crippen molar-refractivity contribution >= 4 is 25.7 Å². The van der Waals surface area contributed by atoms with E-state index < -0.39 is 20.0 Å². The normalized spacial score (nSPS) is 20.2. The number of nitrogens with zero attached hydrogens (tertiary/aromatic N) is 2. The van der Waals surface area contributed by atoms with Gasteiger partial charge in [0, 0.05) is 19.1 Å². The number of fused-ring (bicyclic) bond motifs is 1. The standard InChI is InChI=1S/C21H26N2O5S2/c1-16-14-17-15-20(29(24,25)22-12-4-3-5-13-22)10-11-21(17)23(16)30(26,27)19-8-6-18(28-2)7-9-19/h6-11,15-16H,3-5,12-14H2,1-2H3/t16-/m0/s1. The third-order valence-electron chi connectivity index (χ3n) is 5.77. The van der Waals surface area contributed by atoms with Gasteiger partial charge in [-0.25, -0.2) is 16.8 Å². The molecule has 30 heavy (non-hydrogen) atoms. The van der Waals surface area contributed by atoms with E-state index in [0.29, 0.717) is 30.9 Å². The first-order chi connectivity index (χ1) is 14.2. The Morgan fingerprint density at radius 3 is 2.13 bits per heavy atom. The summed E-state index contributed by atoms with van der Waals surface area (Å²) in [6.07, 6.45) is 3.25. The zero-order valence-corrected chi connectivity index (χ0v) is 18.7. The summed E-state index contributed by atoms with van der Waals surface area (Å²) >= 11 is 0. The van der Waals surface area contributed by atoms with Gasteiger partial charge < -0.3 is 4.74 Å². The second-order valence-electron chi connectivity index (χ2n) is 7.78. The van der Waals surface area contributed by atoms with Crippen LogP contribution in [0.25, 0.3) is 0 Å². The quantitative estimate of drug-likeness (QED) is 0.699. The zero-order chi connectivity index (χ0) is 21.5. The SMILES string of the molecule is COc1ccc(S(=O)(=O)N2c3ccc(S(=O)(=O)N4CCCCC4)cc3C[C@@H]2C)cc1. The highest BCUT2D eigenvalue weighted by Gasteiger charge is 2.37. The first kappa shape index (κ1) is 21.1. The van der Waals surface area contributed by atoms with Crippen molar-refractivity contribution in [3.05, 3.63) is 48.0 Å². The monoisotopic (exact) mass is 450 g/mol. The van der Waals surface area contributed by atoms with E-state index in [1.807, 2.05) is 6.92 Å². The van der Waals surface area contributed by atoms with E-state index in [9.17, 15) is 16.8 Å². The van der Waals surface area contributed by atoms with Crippen molar-refractivity contribution in [3.63, 3.8) is 0 Å². The fourth-order valence-electron chi connectivity index (χ4n) is 4.22. The Morgan fingerprint density at radius 1 is 0.867 bits per heavy atom. The molecular formula is C21H26N2O5S2. The highest BCUT2D eigenvalue weighted by atomic mass is 32.2. The zero-order valence-electron chi connectivity index (χ0n) is 17.1. The lowest BCUT2D eigenvalue weighted by Gasteiger charge is -2.26. The lowest BCUT2D eigenvalue weighted by molar-refractivity contribution is 0.346. The number of piperidine rings is 1. The van der Waals surface area contributed by atoms with Crippen LogP contribution in [0.1, 0.15) is 31.7 Å². The molecule has 4 rings (SSSR count). The molecule has 0 bridgehead atoms. The van der Waals surface area contributed by atoms with Crippen molar-refractivity contribution in [1.29, 1.82) is 0 Å². The van der Waals surface area contributed by atoms with E-state index in [0.717, 1.165) is 24.8 Å². The number of methoxy groups -OCH3 is 1. The number of ether oxygens (including phenoxy) is 1. The Kier molecular flexibility index (Phi) is 5.54. The largest absolute Gasteiger partial charge is 0.497 e. The van der Waals surface area contributed by atoms with Crippen LogP contribution in [-0.2, 0) is 26.5 Å². The maximum atomic E-state index is 13.3. The summed E-state index contributed by atoms with van der Waals surface area (Å²) in [5.41, 5.74) is 1.27. The van der Waals surface area contributed by atoms with Gasteiger partial charge in [0.25, 0.3) is 10.0 Å². The van der Waals surface area contributed by atoms with E-state index >= 15 is 0 Å². The van der Waals surface area contributed by atoms with Crippen LogP contribution >= 0.6 is 0 Å². The fourth-order valence-corrected chi connectivity index (χ4v) is 7.48. The van der Waals surface area contributed by atoms with Crippen LogP contribution in [0.4, 0.5) is 5.69 Å². The van der Waals surface area contributed by atoms with Crippen LogP contribution in [0, 0.1) is 0 Å². The first-order valence-electron chi connectivity index (χ1n) is 10.1. The van der Waals surface area contributed by atoms with Crippen LogP contribution < -0.4 is 9.04 Å². The molecule has 1 atom stereocenters. The fraction of sp³-hybridized carbons (Fsp3) is 0.429.